The summed E-state index contributed by atoms with van der Waals surface area (Å²) >= 11 is 0. The molecule has 0 saturated heterocycles. The summed E-state index contributed by atoms with van der Waals surface area (Å²) in [6.45, 7) is 0. The molecule has 12 heteroatoms. The molecular weight excluding hydrogens is 348 g/mol. The van der Waals surface area contributed by atoms with E-state index in [4.69, 9.17) is 0 Å². The number of rotatable bonds is 0. The predicted octanol–water partition coefficient (Wildman–Crippen LogP) is 5.62. The molecule has 1 rings (SSSR count). The molecule has 0 radical (unpaired) electrons. The Morgan fingerprint density at radius 3 is 0.773 bits per heavy atom. The molecule has 0 aromatic carbocycles. The highest BCUT2D eigenvalue weighted by molar-refractivity contribution is 5.50. The van der Waals surface area contributed by atoms with E-state index in [1.54, 1.807) is 0 Å². The lowest BCUT2D eigenvalue weighted by Gasteiger charge is -2.30. The largest absolute Gasteiger partial charge is 0.417 e. The molecule has 0 unspecified atom stereocenters. The van der Waals surface area contributed by atoms with Crippen LogP contribution in [0.1, 0.15) is 12.8 Å². The second-order valence-corrected chi connectivity index (χ2v) is 4.20. The summed E-state index contributed by atoms with van der Waals surface area (Å²) in [6, 6.07) is 0. The third-order valence-corrected chi connectivity index (χ3v) is 2.73. The van der Waals surface area contributed by atoms with E-state index in [9.17, 15) is 52.7 Å². The van der Waals surface area contributed by atoms with Gasteiger partial charge in [-0.3, -0.25) is 0 Å². The molecule has 0 nitrogen and oxygen atoms in total. The van der Waals surface area contributed by atoms with Gasteiger partial charge in [0.25, 0.3) is 0 Å². The van der Waals surface area contributed by atoms with E-state index < -0.39 is 59.8 Å². The topological polar surface area (TPSA) is 0 Å². The molecule has 0 aliphatic heterocycles. The average molecular weight is 352 g/mol. The normalized spacial score (nSPS) is 19.1. The highest BCUT2D eigenvalue weighted by Crippen LogP contribution is 2.53. The monoisotopic (exact) mass is 352 g/mol. The van der Waals surface area contributed by atoms with Gasteiger partial charge in [0.2, 0.25) is 0 Å². The van der Waals surface area contributed by atoms with E-state index in [0.29, 0.717) is 0 Å². The van der Waals surface area contributed by atoms with Crippen molar-refractivity contribution in [3.05, 3.63) is 22.3 Å². The second-order valence-electron chi connectivity index (χ2n) is 4.20. The lowest BCUT2D eigenvalue weighted by atomic mass is 9.84. The third kappa shape index (κ3) is 3.69. The maximum atomic E-state index is 12.6. The summed E-state index contributed by atoms with van der Waals surface area (Å²) in [5.41, 5.74) is -12.0. The predicted molar refractivity (Wildman–Crippen MR) is 47.5 cm³/mol. The first-order valence-corrected chi connectivity index (χ1v) is 5.22. The zero-order valence-corrected chi connectivity index (χ0v) is 9.95. The van der Waals surface area contributed by atoms with Gasteiger partial charge in [0, 0.05) is 11.1 Å². The van der Waals surface area contributed by atoms with Crippen molar-refractivity contribution in [2.24, 2.45) is 0 Å². The summed E-state index contributed by atoms with van der Waals surface area (Å²) in [7, 11) is 0. The van der Waals surface area contributed by atoms with Gasteiger partial charge in [-0.1, -0.05) is 0 Å². The summed E-state index contributed by atoms with van der Waals surface area (Å²) < 4.78 is 150. The van der Waals surface area contributed by atoms with E-state index in [1.165, 1.54) is 0 Å². The SMILES string of the molecule is FC(F)(F)C1=C(C(F)(F)F)C(C(F)(F)F)=C(C(F)(F)F)CC1. The second kappa shape index (κ2) is 5.08. The highest BCUT2D eigenvalue weighted by atomic mass is 19.4. The van der Waals surface area contributed by atoms with Crippen LogP contribution >= 0.6 is 0 Å². The van der Waals surface area contributed by atoms with Gasteiger partial charge in [0.15, 0.2) is 0 Å². The average Bonchev–Trinajstić information content (AvgIpc) is 2.22. The highest BCUT2D eigenvalue weighted by Gasteiger charge is 2.58. The fourth-order valence-corrected chi connectivity index (χ4v) is 1.99. The molecular formula is C10H4F12. The zero-order valence-electron chi connectivity index (χ0n) is 9.95. The van der Waals surface area contributed by atoms with Crippen molar-refractivity contribution in [1.29, 1.82) is 0 Å². The Bertz CT molecular complexity index is 456. The van der Waals surface area contributed by atoms with Gasteiger partial charge >= 0.3 is 24.7 Å². The quantitative estimate of drug-likeness (QED) is 0.496. The van der Waals surface area contributed by atoms with E-state index in [1.807, 2.05) is 0 Å². The van der Waals surface area contributed by atoms with Crippen LogP contribution in [0.5, 0.6) is 0 Å². The number of allylic oxidation sites excluding steroid dienone is 4. The first kappa shape index (κ1) is 18.7. The van der Waals surface area contributed by atoms with Gasteiger partial charge in [-0.15, -0.1) is 0 Å². The zero-order chi connectivity index (χ0) is 17.7. The summed E-state index contributed by atoms with van der Waals surface area (Å²) in [6.07, 6.45) is -27.8. The van der Waals surface area contributed by atoms with E-state index in [2.05, 4.69) is 0 Å². The Morgan fingerprint density at radius 2 is 0.636 bits per heavy atom. The fourth-order valence-electron chi connectivity index (χ4n) is 1.99. The van der Waals surface area contributed by atoms with Crippen LogP contribution in [0.2, 0.25) is 0 Å². The molecule has 0 spiro atoms. The standard InChI is InChI=1S/C10H4F12/c11-7(12,13)3-1-2-4(8(14,15)16)6(10(20,21)22)5(3)9(17,18)19/h1-2H2. The van der Waals surface area contributed by atoms with Gasteiger partial charge in [0.05, 0.1) is 11.1 Å². The minimum absolute atomic E-state index is 1.84. The van der Waals surface area contributed by atoms with Gasteiger partial charge in [-0.2, -0.15) is 52.7 Å². The number of hydrogen-bond donors (Lipinski definition) is 0. The van der Waals surface area contributed by atoms with E-state index in [-0.39, 0.29) is 0 Å². The van der Waals surface area contributed by atoms with E-state index in [0.717, 1.165) is 0 Å². The molecule has 0 saturated carbocycles. The molecule has 0 aromatic rings. The van der Waals surface area contributed by atoms with Crippen molar-refractivity contribution < 1.29 is 52.7 Å². The van der Waals surface area contributed by atoms with Crippen molar-refractivity contribution in [2.45, 2.75) is 37.5 Å². The van der Waals surface area contributed by atoms with Crippen LogP contribution < -0.4 is 0 Å². The molecule has 0 fully saturated rings. The summed E-state index contributed by atoms with van der Waals surface area (Å²) in [4.78, 5) is 0. The Hall–Kier alpha value is -1.36. The van der Waals surface area contributed by atoms with Crippen LogP contribution in [0, 0.1) is 0 Å². The summed E-state index contributed by atoms with van der Waals surface area (Å²) in [5, 5.41) is 0. The van der Waals surface area contributed by atoms with Crippen molar-refractivity contribution in [3.63, 3.8) is 0 Å². The molecule has 0 bridgehead atoms. The van der Waals surface area contributed by atoms with Crippen LogP contribution in [-0.2, 0) is 0 Å². The summed E-state index contributed by atoms with van der Waals surface area (Å²) in [5.74, 6) is 0. The molecule has 128 valence electrons. The van der Waals surface area contributed by atoms with Crippen LogP contribution in [-0.4, -0.2) is 24.7 Å². The van der Waals surface area contributed by atoms with Crippen molar-refractivity contribution in [3.8, 4) is 0 Å². The molecule has 0 heterocycles. The van der Waals surface area contributed by atoms with Crippen LogP contribution in [0.3, 0.4) is 0 Å². The minimum Gasteiger partial charge on any atom is -0.166 e. The molecule has 0 N–H and O–H groups in total. The van der Waals surface area contributed by atoms with Gasteiger partial charge in [-0.05, 0) is 12.8 Å². The Morgan fingerprint density at radius 1 is 0.409 bits per heavy atom. The van der Waals surface area contributed by atoms with Gasteiger partial charge < -0.3 is 0 Å². The van der Waals surface area contributed by atoms with Crippen LogP contribution in [0.4, 0.5) is 52.7 Å². The lowest BCUT2D eigenvalue weighted by Crippen LogP contribution is -2.35. The Balaban J connectivity index is 3.86. The molecule has 1 aliphatic carbocycles. The maximum Gasteiger partial charge on any atom is 0.417 e. The smallest absolute Gasteiger partial charge is 0.166 e. The van der Waals surface area contributed by atoms with Crippen molar-refractivity contribution in [1.82, 2.24) is 0 Å². The van der Waals surface area contributed by atoms with Crippen LogP contribution in [0.25, 0.3) is 0 Å². The first-order valence-electron chi connectivity index (χ1n) is 5.22. The number of alkyl halides is 12. The molecule has 1 aliphatic rings. The number of hydrogen-bond acceptors (Lipinski definition) is 0. The number of halogens is 12. The van der Waals surface area contributed by atoms with Gasteiger partial charge in [-0.25, -0.2) is 0 Å². The molecule has 0 amide bonds. The first-order chi connectivity index (χ1) is 9.47. The molecule has 0 aromatic heterocycles. The van der Waals surface area contributed by atoms with Crippen LogP contribution in [0.15, 0.2) is 22.3 Å². The van der Waals surface area contributed by atoms with Gasteiger partial charge in [0.1, 0.15) is 0 Å². The van der Waals surface area contributed by atoms with Crippen molar-refractivity contribution >= 4 is 0 Å². The van der Waals surface area contributed by atoms with E-state index >= 15 is 0 Å². The minimum atomic E-state index is -6.24. The molecule has 22 heavy (non-hydrogen) atoms. The van der Waals surface area contributed by atoms with Crippen molar-refractivity contribution in [2.75, 3.05) is 0 Å². The Labute approximate surface area is 114 Å². The molecule has 0 atom stereocenters. The Kier molecular flexibility index (Phi) is 4.32. The lowest BCUT2D eigenvalue weighted by molar-refractivity contribution is -0.141. The third-order valence-electron chi connectivity index (χ3n) is 2.73. The fraction of sp³-hybridized carbons (Fsp3) is 0.600. The maximum absolute atomic E-state index is 12.6.